The second kappa shape index (κ2) is 7.38. The Morgan fingerprint density at radius 2 is 2.21 bits per heavy atom. The molecule has 5 heteroatoms. The maximum atomic E-state index is 13.4. The Bertz CT molecular complexity index is 695. The number of aliphatic hydroxyl groups excluding tert-OH is 1. The number of ether oxygens (including phenoxy) is 1. The first-order chi connectivity index (χ1) is 11.6. The smallest absolute Gasteiger partial charge is 0.123 e. The van der Waals surface area contributed by atoms with Gasteiger partial charge in [0.2, 0.25) is 0 Å². The minimum absolute atomic E-state index is 0.0912. The van der Waals surface area contributed by atoms with Gasteiger partial charge in [0.25, 0.3) is 0 Å². The summed E-state index contributed by atoms with van der Waals surface area (Å²) in [5, 5.41) is 9.95. The van der Waals surface area contributed by atoms with Crippen molar-refractivity contribution in [3.05, 3.63) is 65.2 Å². The van der Waals surface area contributed by atoms with Crippen LogP contribution in [0.2, 0.25) is 0 Å². The summed E-state index contributed by atoms with van der Waals surface area (Å²) < 4.78 is 19.4. The van der Waals surface area contributed by atoms with Crippen LogP contribution in [0.1, 0.15) is 16.8 Å². The fourth-order valence-electron chi connectivity index (χ4n) is 3.26. The Labute approximate surface area is 141 Å². The number of aromatic nitrogens is 1. The zero-order valence-electron chi connectivity index (χ0n) is 13.9. The van der Waals surface area contributed by atoms with Crippen LogP contribution in [0.5, 0.6) is 0 Å². The van der Waals surface area contributed by atoms with Crippen LogP contribution in [0.15, 0.2) is 42.6 Å². The minimum Gasteiger partial charge on any atom is -0.393 e. The molecule has 1 saturated heterocycles. The summed E-state index contributed by atoms with van der Waals surface area (Å²) in [6.07, 6.45) is 2.28. The van der Waals surface area contributed by atoms with Crippen LogP contribution in [-0.2, 0) is 17.7 Å². The summed E-state index contributed by atoms with van der Waals surface area (Å²) in [5.74, 6) is -0.265. The molecule has 2 aromatic rings. The topological polar surface area (TPSA) is 45.6 Å². The van der Waals surface area contributed by atoms with Crippen LogP contribution in [0, 0.1) is 12.7 Å². The van der Waals surface area contributed by atoms with Gasteiger partial charge in [-0.2, -0.15) is 0 Å². The molecule has 0 radical (unpaired) electrons. The molecule has 1 aliphatic heterocycles. The van der Waals surface area contributed by atoms with Crippen LogP contribution >= 0.6 is 0 Å². The van der Waals surface area contributed by atoms with Crippen LogP contribution in [0.25, 0.3) is 0 Å². The molecule has 4 nitrogen and oxygen atoms in total. The van der Waals surface area contributed by atoms with Gasteiger partial charge in [-0.1, -0.05) is 18.2 Å². The summed E-state index contributed by atoms with van der Waals surface area (Å²) in [6, 6.07) is 10.5. The average Bonchev–Trinajstić information content (AvgIpc) is 2.57. The predicted octanol–water partition coefficient (Wildman–Crippen LogP) is 2.34. The summed E-state index contributed by atoms with van der Waals surface area (Å²) in [4.78, 5) is 6.60. The van der Waals surface area contributed by atoms with E-state index in [1.54, 1.807) is 12.3 Å². The first kappa shape index (κ1) is 17.0. The third-order valence-electron chi connectivity index (χ3n) is 4.54. The number of halogens is 1. The highest BCUT2D eigenvalue weighted by atomic mass is 19.1. The molecule has 3 rings (SSSR count). The van der Waals surface area contributed by atoms with Crippen molar-refractivity contribution < 1.29 is 14.2 Å². The average molecular weight is 330 g/mol. The minimum atomic E-state index is -0.692. The van der Waals surface area contributed by atoms with Crippen LogP contribution in [0.4, 0.5) is 4.39 Å². The number of hydrogen-bond donors (Lipinski definition) is 1. The number of morpholine rings is 1. The van der Waals surface area contributed by atoms with E-state index in [0.29, 0.717) is 19.6 Å². The quantitative estimate of drug-likeness (QED) is 0.914. The normalized spacial score (nSPS) is 21.8. The molecule has 1 N–H and O–H groups in total. The standard InChI is InChI=1S/C19H23FN2O2/c1-15-17(5-3-7-21-15)12-22-8-9-24-19(13-22,14-23)11-16-4-2-6-18(20)10-16/h2-7,10,23H,8-9,11-14H2,1H3/t19-/m1/s1. The molecule has 1 fully saturated rings. The van der Waals surface area contributed by atoms with Gasteiger partial charge in [-0.05, 0) is 36.2 Å². The highest BCUT2D eigenvalue weighted by Crippen LogP contribution is 2.24. The third kappa shape index (κ3) is 3.98. The molecule has 1 aromatic heterocycles. The maximum Gasteiger partial charge on any atom is 0.123 e. The molecule has 0 bridgehead atoms. The van der Waals surface area contributed by atoms with Gasteiger partial charge in [-0.3, -0.25) is 9.88 Å². The molecular weight excluding hydrogens is 307 g/mol. The molecule has 24 heavy (non-hydrogen) atoms. The van der Waals surface area contributed by atoms with E-state index in [1.165, 1.54) is 17.7 Å². The lowest BCUT2D eigenvalue weighted by Gasteiger charge is -2.42. The molecule has 1 aliphatic rings. The zero-order chi connectivity index (χ0) is 17.0. The van der Waals surface area contributed by atoms with Gasteiger partial charge in [-0.25, -0.2) is 4.39 Å². The van der Waals surface area contributed by atoms with E-state index < -0.39 is 5.60 Å². The lowest BCUT2D eigenvalue weighted by atomic mass is 9.93. The van der Waals surface area contributed by atoms with Crippen molar-refractivity contribution in [1.82, 2.24) is 9.88 Å². The fraction of sp³-hybridized carbons (Fsp3) is 0.421. The van der Waals surface area contributed by atoms with Crippen molar-refractivity contribution in [2.24, 2.45) is 0 Å². The van der Waals surface area contributed by atoms with Crippen molar-refractivity contribution in [1.29, 1.82) is 0 Å². The molecule has 128 valence electrons. The first-order valence-electron chi connectivity index (χ1n) is 8.22. The molecule has 0 saturated carbocycles. The molecule has 0 aliphatic carbocycles. The van der Waals surface area contributed by atoms with E-state index in [0.717, 1.165) is 24.3 Å². The number of benzene rings is 1. The molecule has 1 aromatic carbocycles. The van der Waals surface area contributed by atoms with Crippen molar-refractivity contribution in [3.63, 3.8) is 0 Å². The largest absolute Gasteiger partial charge is 0.393 e. The Hall–Kier alpha value is -1.82. The van der Waals surface area contributed by atoms with Gasteiger partial charge < -0.3 is 9.84 Å². The second-order valence-electron chi connectivity index (χ2n) is 6.45. The van der Waals surface area contributed by atoms with E-state index >= 15 is 0 Å². The van der Waals surface area contributed by atoms with Crippen LogP contribution < -0.4 is 0 Å². The lowest BCUT2D eigenvalue weighted by molar-refractivity contribution is -0.134. The molecule has 2 heterocycles. The van der Waals surface area contributed by atoms with Gasteiger partial charge in [0.15, 0.2) is 0 Å². The molecule has 0 amide bonds. The van der Waals surface area contributed by atoms with Crippen LogP contribution in [0.3, 0.4) is 0 Å². The van der Waals surface area contributed by atoms with Crippen molar-refractivity contribution in [2.75, 3.05) is 26.3 Å². The Balaban J connectivity index is 1.73. The number of aryl methyl sites for hydroxylation is 1. The monoisotopic (exact) mass is 330 g/mol. The number of aliphatic hydroxyl groups is 1. The van der Waals surface area contributed by atoms with E-state index in [9.17, 15) is 9.50 Å². The SMILES string of the molecule is Cc1ncccc1CN1CCO[C@](CO)(Cc2cccc(F)c2)C1. The van der Waals surface area contributed by atoms with E-state index in [1.807, 2.05) is 19.1 Å². The van der Waals surface area contributed by atoms with Gasteiger partial charge >= 0.3 is 0 Å². The molecule has 0 unspecified atom stereocenters. The van der Waals surface area contributed by atoms with E-state index in [2.05, 4.69) is 16.0 Å². The number of nitrogens with zero attached hydrogens (tertiary/aromatic N) is 2. The highest BCUT2D eigenvalue weighted by Gasteiger charge is 2.36. The first-order valence-corrected chi connectivity index (χ1v) is 8.22. The lowest BCUT2D eigenvalue weighted by Crippen LogP contribution is -2.55. The highest BCUT2D eigenvalue weighted by molar-refractivity contribution is 5.20. The fourth-order valence-corrected chi connectivity index (χ4v) is 3.26. The Kier molecular flexibility index (Phi) is 5.23. The van der Waals surface area contributed by atoms with E-state index in [-0.39, 0.29) is 12.4 Å². The van der Waals surface area contributed by atoms with Gasteiger partial charge in [0, 0.05) is 37.9 Å². The Morgan fingerprint density at radius 1 is 1.33 bits per heavy atom. The van der Waals surface area contributed by atoms with Crippen LogP contribution in [-0.4, -0.2) is 46.9 Å². The molecule has 0 spiro atoms. The zero-order valence-corrected chi connectivity index (χ0v) is 13.9. The number of hydrogen-bond acceptors (Lipinski definition) is 4. The molecular formula is C19H23FN2O2. The maximum absolute atomic E-state index is 13.4. The summed E-state index contributed by atoms with van der Waals surface area (Å²) >= 11 is 0. The van der Waals surface area contributed by atoms with Gasteiger partial charge in [0.1, 0.15) is 11.4 Å². The summed E-state index contributed by atoms with van der Waals surface area (Å²) in [5.41, 5.74) is 2.34. The van der Waals surface area contributed by atoms with Gasteiger partial charge in [0.05, 0.1) is 13.2 Å². The Morgan fingerprint density at radius 3 is 2.96 bits per heavy atom. The van der Waals surface area contributed by atoms with Crippen molar-refractivity contribution >= 4 is 0 Å². The summed E-state index contributed by atoms with van der Waals surface area (Å²) in [7, 11) is 0. The van der Waals surface area contributed by atoms with E-state index in [4.69, 9.17) is 4.74 Å². The summed E-state index contributed by atoms with van der Waals surface area (Å²) in [6.45, 7) is 4.64. The molecule has 1 atom stereocenters. The predicted molar refractivity (Wildman–Crippen MR) is 90.1 cm³/mol. The second-order valence-corrected chi connectivity index (χ2v) is 6.45. The third-order valence-corrected chi connectivity index (χ3v) is 4.54. The van der Waals surface area contributed by atoms with Crippen molar-refractivity contribution in [2.45, 2.75) is 25.5 Å². The number of rotatable bonds is 5. The van der Waals surface area contributed by atoms with Gasteiger partial charge in [-0.15, -0.1) is 0 Å². The number of pyridine rings is 1. The van der Waals surface area contributed by atoms with Crippen molar-refractivity contribution in [3.8, 4) is 0 Å².